The Kier molecular flexibility index (Phi) is 3.96. The quantitative estimate of drug-likeness (QED) is 0.487. The summed E-state index contributed by atoms with van der Waals surface area (Å²) < 4.78 is 0. The highest BCUT2D eigenvalue weighted by Gasteiger charge is 2.45. The van der Waals surface area contributed by atoms with Gasteiger partial charge in [-0.1, -0.05) is 18.3 Å². The third-order valence-electron chi connectivity index (χ3n) is 3.46. The molecule has 0 radical (unpaired) electrons. The highest BCUT2D eigenvalue weighted by Crippen LogP contribution is 2.13. The third-order valence-corrected chi connectivity index (χ3v) is 4.57. The number of rotatable bonds is 2. The molecule has 2 aliphatic rings. The van der Waals surface area contributed by atoms with Gasteiger partial charge in [0.2, 0.25) is 0 Å². The molecule has 6 heteroatoms. The molecular formula is C11H21N4OS+. The van der Waals surface area contributed by atoms with Crippen molar-refractivity contribution in [2.75, 3.05) is 19.3 Å². The first-order valence-electron chi connectivity index (χ1n) is 6.13. The molecule has 2 fully saturated rings. The van der Waals surface area contributed by atoms with Crippen LogP contribution in [0.4, 0.5) is 0 Å². The molecule has 0 saturated carbocycles. The SMILES string of the molecule is C=C1NNC(SC)([NH+]2CCCCCC2)NC1=O. The zero-order valence-corrected chi connectivity index (χ0v) is 11.1. The van der Waals surface area contributed by atoms with Gasteiger partial charge in [0, 0.05) is 0 Å². The molecule has 0 aromatic carbocycles. The number of hydrazine groups is 1. The van der Waals surface area contributed by atoms with Crippen LogP contribution < -0.4 is 21.1 Å². The number of thioether (sulfide) groups is 1. The van der Waals surface area contributed by atoms with E-state index in [1.807, 2.05) is 6.26 Å². The molecule has 0 aromatic rings. The monoisotopic (exact) mass is 257 g/mol. The zero-order chi connectivity index (χ0) is 12.3. The van der Waals surface area contributed by atoms with Gasteiger partial charge in [-0.2, -0.15) is 5.43 Å². The molecule has 2 heterocycles. The predicted molar refractivity (Wildman–Crippen MR) is 69.0 cm³/mol. The molecule has 4 N–H and O–H groups in total. The molecule has 2 rings (SSSR count). The van der Waals surface area contributed by atoms with Crippen molar-refractivity contribution in [2.24, 2.45) is 0 Å². The Balaban J connectivity index is 2.12. The van der Waals surface area contributed by atoms with Crippen molar-refractivity contribution in [3.05, 3.63) is 12.3 Å². The molecule has 0 bridgehead atoms. The van der Waals surface area contributed by atoms with Crippen LogP contribution in [0.25, 0.3) is 0 Å². The number of carbonyl (C=O) groups excluding carboxylic acids is 1. The van der Waals surface area contributed by atoms with E-state index in [9.17, 15) is 4.79 Å². The van der Waals surface area contributed by atoms with Crippen LogP contribution in [-0.4, -0.2) is 30.4 Å². The number of quaternary nitrogens is 1. The molecular weight excluding hydrogens is 236 g/mol. The third kappa shape index (κ3) is 2.59. The molecule has 0 aliphatic carbocycles. The molecule has 1 atom stereocenters. The van der Waals surface area contributed by atoms with Crippen LogP contribution in [0.2, 0.25) is 0 Å². The summed E-state index contributed by atoms with van der Waals surface area (Å²) in [5, 5.41) is 2.58. The maximum absolute atomic E-state index is 11.8. The molecule has 96 valence electrons. The maximum Gasteiger partial charge on any atom is 0.298 e. The lowest BCUT2D eigenvalue weighted by Gasteiger charge is -2.42. The summed E-state index contributed by atoms with van der Waals surface area (Å²) in [5.74, 6) is -0.116. The van der Waals surface area contributed by atoms with E-state index in [0.29, 0.717) is 5.70 Å². The Bertz CT molecular complexity index is 315. The van der Waals surface area contributed by atoms with Gasteiger partial charge in [0.25, 0.3) is 11.0 Å². The van der Waals surface area contributed by atoms with E-state index >= 15 is 0 Å². The Labute approximate surface area is 106 Å². The normalized spacial score (nSPS) is 31.6. The largest absolute Gasteiger partial charge is 0.310 e. The van der Waals surface area contributed by atoms with Crippen LogP contribution in [0, 0.1) is 0 Å². The molecule has 2 aliphatic heterocycles. The lowest BCUT2D eigenvalue weighted by atomic mass is 10.2. The van der Waals surface area contributed by atoms with Crippen molar-refractivity contribution >= 4 is 17.7 Å². The lowest BCUT2D eigenvalue weighted by molar-refractivity contribution is -0.942. The van der Waals surface area contributed by atoms with Gasteiger partial charge < -0.3 is 5.43 Å². The molecule has 0 aromatic heterocycles. The first-order chi connectivity index (χ1) is 8.18. The number of carbonyl (C=O) groups is 1. The van der Waals surface area contributed by atoms with E-state index < -0.39 is 5.12 Å². The first-order valence-corrected chi connectivity index (χ1v) is 7.35. The van der Waals surface area contributed by atoms with E-state index in [1.54, 1.807) is 11.8 Å². The number of likely N-dealkylation sites (tertiary alicyclic amines) is 1. The summed E-state index contributed by atoms with van der Waals surface area (Å²) >= 11 is 1.63. The van der Waals surface area contributed by atoms with Crippen molar-refractivity contribution in [1.82, 2.24) is 16.2 Å². The van der Waals surface area contributed by atoms with Crippen molar-refractivity contribution in [2.45, 2.75) is 30.8 Å². The van der Waals surface area contributed by atoms with E-state index in [1.165, 1.54) is 30.6 Å². The molecule has 1 unspecified atom stereocenters. The van der Waals surface area contributed by atoms with Crippen LogP contribution in [-0.2, 0) is 4.79 Å². The smallest absolute Gasteiger partial charge is 0.298 e. The van der Waals surface area contributed by atoms with Crippen molar-refractivity contribution in [1.29, 1.82) is 0 Å². The summed E-state index contributed by atoms with van der Waals surface area (Å²) in [6, 6.07) is 0. The van der Waals surface area contributed by atoms with E-state index in [4.69, 9.17) is 0 Å². The predicted octanol–water partition coefficient (Wildman–Crippen LogP) is -0.843. The van der Waals surface area contributed by atoms with Gasteiger partial charge in [-0.3, -0.25) is 15.0 Å². The Hall–Kier alpha value is -0.720. The number of nitrogens with one attached hydrogen (secondary N) is 4. The van der Waals surface area contributed by atoms with Crippen LogP contribution >= 0.6 is 11.8 Å². The summed E-state index contributed by atoms with van der Waals surface area (Å²) in [6.45, 7) is 5.83. The van der Waals surface area contributed by atoms with E-state index in [2.05, 4.69) is 22.7 Å². The first kappa shape index (κ1) is 12.7. The number of hydrogen-bond acceptors (Lipinski definition) is 4. The number of hydrogen-bond donors (Lipinski definition) is 4. The van der Waals surface area contributed by atoms with Crippen molar-refractivity contribution in [3.63, 3.8) is 0 Å². The standard InChI is InChI=1S/C11H20N4OS/c1-9-10(16)12-11(17-2,14-13-9)15-7-5-3-4-6-8-15/h13-14H,1,3-8H2,2H3,(H,12,16)/p+1. The van der Waals surface area contributed by atoms with Crippen LogP contribution in [0.1, 0.15) is 25.7 Å². The Morgan fingerprint density at radius 2 is 1.94 bits per heavy atom. The van der Waals surface area contributed by atoms with Crippen molar-refractivity contribution < 1.29 is 9.69 Å². The Morgan fingerprint density at radius 1 is 1.29 bits per heavy atom. The highest BCUT2D eigenvalue weighted by atomic mass is 32.2. The fourth-order valence-corrected chi connectivity index (χ4v) is 3.26. The summed E-state index contributed by atoms with van der Waals surface area (Å²) in [4.78, 5) is 13.1. The molecule has 0 spiro atoms. The molecule has 1 amide bonds. The van der Waals surface area contributed by atoms with Gasteiger partial charge in [-0.15, -0.1) is 0 Å². The minimum absolute atomic E-state index is 0.116. The van der Waals surface area contributed by atoms with Crippen LogP contribution in [0.3, 0.4) is 0 Å². The fourth-order valence-electron chi connectivity index (χ4n) is 2.42. The van der Waals surface area contributed by atoms with Gasteiger partial charge in [0.15, 0.2) is 0 Å². The molecule has 17 heavy (non-hydrogen) atoms. The zero-order valence-electron chi connectivity index (χ0n) is 10.3. The van der Waals surface area contributed by atoms with Gasteiger partial charge in [0.1, 0.15) is 5.70 Å². The van der Waals surface area contributed by atoms with Crippen LogP contribution in [0.5, 0.6) is 0 Å². The fraction of sp³-hybridized carbons (Fsp3) is 0.727. The summed E-state index contributed by atoms with van der Waals surface area (Å²) in [5.41, 5.74) is 6.48. The summed E-state index contributed by atoms with van der Waals surface area (Å²) in [6.07, 6.45) is 7.04. The Morgan fingerprint density at radius 3 is 2.47 bits per heavy atom. The maximum atomic E-state index is 11.8. The second kappa shape index (κ2) is 5.29. The van der Waals surface area contributed by atoms with Gasteiger partial charge in [-0.25, -0.2) is 0 Å². The molecule has 5 nitrogen and oxygen atoms in total. The van der Waals surface area contributed by atoms with E-state index in [0.717, 1.165) is 13.1 Å². The lowest BCUT2D eigenvalue weighted by Crippen LogP contribution is -3.24. The van der Waals surface area contributed by atoms with Crippen molar-refractivity contribution in [3.8, 4) is 0 Å². The average Bonchev–Trinajstić information content (AvgIpc) is 2.62. The minimum Gasteiger partial charge on any atom is -0.310 e. The molecule has 2 saturated heterocycles. The van der Waals surface area contributed by atoms with Gasteiger partial charge in [0.05, 0.1) is 13.1 Å². The van der Waals surface area contributed by atoms with E-state index in [-0.39, 0.29) is 5.91 Å². The topological polar surface area (TPSA) is 57.6 Å². The minimum atomic E-state index is -0.456. The van der Waals surface area contributed by atoms with Gasteiger partial charge >= 0.3 is 0 Å². The van der Waals surface area contributed by atoms with Crippen LogP contribution in [0.15, 0.2) is 12.3 Å². The van der Waals surface area contributed by atoms with Gasteiger partial charge in [-0.05, 0) is 31.9 Å². The second-order valence-electron chi connectivity index (χ2n) is 4.59. The summed E-state index contributed by atoms with van der Waals surface area (Å²) in [7, 11) is 0. The average molecular weight is 257 g/mol. The second-order valence-corrected chi connectivity index (χ2v) is 5.61. The number of amides is 1. The highest BCUT2D eigenvalue weighted by molar-refractivity contribution is 7.99.